The van der Waals surface area contributed by atoms with Crippen molar-refractivity contribution in [3.63, 3.8) is 0 Å². The summed E-state index contributed by atoms with van der Waals surface area (Å²) in [5, 5.41) is 34.9. The van der Waals surface area contributed by atoms with Crippen LogP contribution in [0.2, 0.25) is 0 Å². The minimum atomic E-state index is -1.74. The van der Waals surface area contributed by atoms with E-state index < -0.39 is 77.8 Å². The van der Waals surface area contributed by atoms with Crippen LogP contribution in [0.4, 0.5) is 4.79 Å². The van der Waals surface area contributed by atoms with Crippen LogP contribution >= 0.6 is 0 Å². The van der Waals surface area contributed by atoms with E-state index >= 15 is 0 Å². The number of amides is 3. The molecule has 13 heteroatoms. The Hall–Kier alpha value is -4.94. The molecule has 3 amide bonds. The predicted octanol–water partition coefficient (Wildman–Crippen LogP) is 2.72. The molecule has 3 rings (SSSR count). The molecule has 248 valence electrons. The van der Waals surface area contributed by atoms with Crippen molar-refractivity contribution in [1.82, 2.24) is 15.5 Å². The number of hydrogen-bond acceptors (Lipinski definition) is 7. The Morgan fingerprint density at radius 3 is 1.91 bits per heavy atom. The molecule has 0 spiro atoms. The average molecular weight is 640 g/mol. The second-order valence-corrected chi connectivity index (χ2v) is 12.3. The number of carbonyl (C=O) groups excluding carboxylic acids is 3. The first-order chi connectivity index (χ1) is 21.7. The number of nitrogens with zero attached hydrogens (tertiary/aromatic N) is 1. The van der Waals surface area contributed by atoms with Crippen molar-refractivity contribution in [2.45, 2.75) is 76.6 Å². The van der Waals surface area contributed by atoms with Gasteiger partial charge in [-0.1, -0.05) is 60.7 Å². The van der Waals surface area contributed by atoms with Crippen molar-refractivity contribution in [2.24, 2.45) is 11.8 Å². The maximum absolute atomic E-state index is 13.9. The molecule has 5 atom stereocenters. The van der Waals surface area contributed by atoms with Crippen molar-refractivity contribution >= 4 is 35.8 Å². The van der Waals surface area contributed by atoms with Crippen LogP contribution in [0, 0.1) is 11.8 Å². The summed E-state index contributed by atoms with van der Waals surface area (Å²) in [5.74, 6) is -8.55. The number of rotatable bonds is 14. The zero-order valence-electron chi connectivity index (χ0n) is 26.0. The first-order valence-corrected chi connectivity index (χ1v) is 15.0. The molecular weight excluding hydrogens is 598 g/mol. The third-order valence-electron chi connectivity index (χ3n) is 7.60. The lowest BCUT2D eigenvalue weighted by atomic mass is 9.89. The van der Waals surface area contributed by atoms with Crippen molar-refractivity contribution < 1.29 is 48.8 Å². The second kappa shape index (κ2) is 15.9. The van der Waals surface area contributed by atoms with Crippen LogP contribution in [0.5, 0.6) is 0 Å². The van der Waals surface area contributed by atoms with Gasteiger partial charge in [0.25, 0.3) is 0 Å². The molecule has 5 N–H and O–H groups in total. The van der Waals surface area contributed by atoms with E-state index in [0.29, 0.717) is 17.5 Å². The third-order valence-corrected chi connectivity index (χ3v) is 7.60. The van der Waals surface area contributed by atoms with E-state index in [9.17, 15) is 44.1 Å². The van der Waals surface area contributed by atoms with Gasteiger partial charge in [-0.05, 0) is 64.0 Å². The molecule has 1 fully saturated rings. The third kappa shape index (κ3) is 10.3. The van der Waals surface area contributed by atoms with Crippen LogP contribution in [-0.2, 0) is 41.6 Å². The lowest BCUT2D eigenvalue weighted by molar-refractivity contribution is -0.153. The van der Waals surface area contributed by atoms with Gasteiger partial charge in [-0.25, -0.2) is 9.59 Å². The molecule has 2 unspecified atom stereocenters. The lowest BCUT2D eigenvalue weighted by Crippen LogP contribution is -2.60. The fraction of sp³-hybridized carbons (Fsp3) is 0.455. The summed E-state index contributed by atoms with van der Waals surface area (Å²) in [6.07, 6.45) is -1.10. The number of ether oxygens (including phenoxy) is 1. The van der Waals surface area contributed by atoms with Crippen molar-refractivity contribution in [3.8, 4) is 0 Å². The smallest absolute Gasteiger partial charge is 0.408 e. The molecule has 0 saturated carbocycles. The van der Waals surface area contributed by atoms with Crippen molar-refractivity contribution in [2.75, 3.05) is 6.54 Å². The van der Waals surface area contributed by atoms with Gasteiger partial charge in [-0.15, -0.1) is 0 Å². The van der Waals surface area contributed by atoms with Crippen LogP contribution in [0.15, 0.2) is 60.7 Å². The van der Waals surface area contributed by atoms with Gasteiger partial charge in [-0.3, -0.25) is 19.2 Å². The van der Waals surface area contributed by atoms with E-state index in [0.717, 1.165) is 4.90 Å². The van der Waals surface area contributed by atoms with Gasteiger partial charge in [0.05, 0.1) is 11.8 Å². The van der Waals surface area contributed by atoms with Crippen LogP contribution in [0.25, 0.3) is 0 Å². The van der Waals surface area contributed by atoms with Gasteiger partial charge in [0, 0.05) is 6.54 Å². The summed E-state index contributed by atoms with van der Waals surface area (Å²) < 4.78 is 5.31. The number of carboxylic acids is 3. The van der Waals surface area contributed by atoms with Gasteiger partial charge in [0.15, 0.2) is 0 Å². The number of hydrogen-bond donors (Lipinski definition) is 5. The molecule has 1 aliphatic heterocycles. The van der Waals surface area contributed by atoms with E-state index in [1.165, 1.54) is 0 Å². The number of carboxylic acid groups (broad SMARTS) is 3. The highest BCUT2D eigenvalue weighted by Gasteiger charge is 2.44. The van der Waals surface area contributed by atoms with Gasteiger partial charge in [0.1, 0.15) is 23.7 Å². The fourth-order valence-corrected chi connectivity index (χ4v) is 5.41. The summed E-state index contributed by atoms with van der Waals surface area (Å²) in [6, 6.07) is 12.6. The number of benzene rings is 2. The van der Waals surface area contributed by atoms with Crippen molar-refractivity contribution in [3.05, 3.63) is 71.8 Å². The van der Waals surface area contributed by atoms with Gasteiger partial charge >= 0.3 is 24.0 Å². The average Bonchev–Trinajstić information content (AvgIpc) is 3.48. The largest absolute Gasteiger partial charge is 0.481 e. The van der Waals surface area contributed by atoms with E-state index in [4.69, 9.17) is 4.74 Å². The topological polar surface area (TPSA) is 200 Å². The summed E-state index contributed by atoms with van der Waals surface area (Å²) >= 11 is 0. The number of nitrogens with one attached hydrogen (secondary N) is 2. The first-order valence-electron chi connectivity index (χ1n) is 15.0. The van der Waals surface area contributed by atoms with Crippen LogP contribution in [0.1, 0.15) is 51.2 Å². The minimum absolute atomic E-state index is 0.0120. The molecule has 0 bridgehead atoms. The Balaban J connectivity index is 1.99. The molecule has 2 aromatic rings. The number of aliphatic carboxylic acids is 3. The summed E-state index contributed by atoms with van der Waals surface area (Å²) in [6.45, 7) is 4.84. The van der Waals surface area contributed by atoms with Gasteiger partial charge < -0.3 is 35.6 Å². The molecule has 13 nitrogen and oxygen atoms in total. The number of alkyl carbamates (subject to hydrolysis) is 1. The van der Waals surface area contributed by atoms with Crippen LogP contribution < -0.4 is 10.6 Å². The first kappa shape index (κ1) is 35.5. The van der Waals surface area contributed by atoms with Crippen molar-refractivity contribution in [1.29, 1.82) is 0 Å². The van der Waals surface area contributed by atoms with E-state index in [1.54, 1.807) is 81.4 Å². The number of likely N-dealkylation sites (tertiary alicyclic amines) is 1. The quantitative estimate of drug-likeness (QED) is 0.205. The van der Waals surface area contributed by atoms with Gasteiger partial charge in [-0.2, -0.15) is 0 Å². The Labute approximate surface area is 266 Å². The SMILES string of the molecule is CC(C)(C)OC(=O)N[C@@H](CC(Cc1ccccc1)C(=O)O)C(=O)N[C@H](C(=O)N1CCC[C@H]1C(=O)O)C(Cc1ccccc1)C(=O)O. The lowest BCUT2D eigenvalue weighted by Gasteiger charge is -2.32. The normalized spacial score (nSPS) is 17.2. The number of carbonyl (C=O) groups is 6. The molecule has 0 radical (unpaired) electrons. The Morgan fingerprint density at radius 2 is 1.41 bits per heavy atom. The highest BCUT2D eigenvalue weighted by molar-refractivity contribution is 5.96. The van der Waals surface area contributed by atoms with Crippen LogP contribution in [0.3, 0.4) is 0 Å². The highest BCUT2D eigenvalue weighted by atomic mass is 16.6. The summed E-state index contributed by atoms with van der Waals surface area (Å²) in [4.78, 5) is 78.6. The van der Waals surface area contributed by atoms with Gasteiger partial charge in [0.2, 0.25) is 11.8 Å². The Kier molecular flexibility index (Phi) is 12.3. The van der Waals surface area contributed by atoms with E-state index in [-0.39, 0.29) is 25.8 Å². The molecule has 1 saturated heterocycles. The Bertz CT molecular complexity index is 1390. The van der Waals surface area contributed by atoms with Crippen LogP contribution in [-0.4, -0.2) is 86.3 Å². The maximum Gasteiger partial charge on any atom is 0.408 e. The minimum Gasteiger partial charge on any atom is -0.481 e. The zero-order chi connectivity index (χ0) is 34.0. The molecule has 2 aromatic carbocycles. The molecule has 46 heavy (non-hydrogen) atoms. The second-order valence-electron chi connectivity index (χ2n) is 12.3. The van der Waals surface area contributed by atoms with E-state index in [2.05, 4.69) is 10.6 Å². The molecule has 1 heterocycles. The molecule has 1 aliphatic rings. The molecular formula is C33H41N3O10. The fourth-order valence-electron chi connectivity index (χ4n) is 5.41. The molecule has 0 aromatic heterocycles. The maximum atomic E-state index is 13.9. The zero-order valence-corrected chi connectivity index (χ0v) is 26.0. The summed E-state index contributed by atoms with van der Waals surface area (Å²) in [5.41, 5.74) is 0.253. The highest BCUT2D eigenvalue weighted by Crippen LogP contribution is 2.24. The molecule has 0 aliphatic carbocycles. The Morgan fingerprint density at radius 1 is 0.848 bits per heavy atom. The predicted molar refractivity (Wildman–Crippen MR) is 165 cm³/mol. The monoisotopic (exact) mass is 639 g/mol. The van der Waals surface area contributed by atoms with E-state index in [1.807, 2.05) is 0 Å². The summed E-state index contributed by atoms with van der Waals surface area (Å²) in [7, 11) is 0. The standard InChI is InChI=1S/C33H41N3O10/c1-33(2,3)46-32(45)34-24(19-22(29(39)40)17-20-11-6-4-7-12-20)27(37)35-26(28(38)36-16-10-15-25(36)31(43)44)23(30(41)42)18-21-13-8-5-9-14-21/h4-9,11-14,22-26H,10,15-19H2,1-3H3,(H,34,45)(H,35,37)(H,39,40)(H,41,42)(H,43,44)/t22?,23?,24-,25-,26-/m0/s1.